The number of amides is 1. The lowest BCUT2D eigenvalue weighted by Gasteiger charge is -2.21. The monoisotopic (exact) mass is 305 g/mol. The molecule has 2 N–H and O–H groups in total. The molecule has 0 aromatic carbocycles. The number of thiophene rings is 1. The van der Waals surface area contributed by atoms with Gasteiger partial charge in [0.1, 0.15) is 0 Å². The van der Waals surface area contributed by atoms with Gasteiger partial charge in [-0.3, -0.25) is 9.89 Å². The molecule has 0 bridgehead atoms. The van der Waals surface area contributed by atoms with Crippen LogP contribution in [0, 0.1) is 0 Å². The SMILES string of the molecule is CC1CNC(=O)c2c(SC3CC3)sc(-c3ccn[nH]3)c21. The third-order valence-corrected chi connectivity index (χ3v) is 6.54. The average molecular weight is 305 g/mol. The van der Waals surface area contributed by atoms with Crippen LogP contribution in [0.1, 0.15) is 41.6 Å². The molecular formula is C14H15N3OS2. The summed E-state index contributed by atoms with van der Waals surface area (Å²) < 4.78 is 1.18. The van der Waals surface area contributed by atoms with Crippen molar-refractivity contribution in [1.82, 2.24) is 15.5 Å². The molecule has 0 radical (unpaired) electrons. The fourth-order valence-corrected chi connectivity index (χ4v) is 5.52. The minimum Gasteiger partial charge on any atom is -0.351 e. The zero-order valence-electron chi connectivity index (χ0n) is 11.1. The van der Waals surface area contributed by atoms with Crippen LogP contribution in [0.5, 0.6) is 0 Å². The smallest absolute Gasteiger partial charge is 0.253 e. The summed E-state index contributed by atoms with van der Waals surface area (Å²) >= 11 is 3.61. The fourth-order valence-electron chi connectivity index (χ4n) is 2.55. The van der Waals surface area contributed by atoms with Crippen molar-refractivity contribution in [2.75, 3.05) is 6.54 Å². The van der Waals surface area contributed by atoms with Crippen LogP contribution in [0.2, 0.25) is 0 Å². The van der Waals surface area contributed by atoms with Crippen molar-refractivity contribution >= 4 is 29.0 Å². The van der Waals surface area contributed by atoms with E-state index in [2.05, 4.69) is 22.4 Å². The molecule has 2 aromatic rings. The molecule has 6 heteroatoms. The molecule has 1 fully saturated rings. The van der Waals surface area contributed by atoms with Crippen molar-refractivity contribution in [2.24, 2.45) is 0 Å². The van der Waals surface area contributed by atoms with E-state index in [9.17, 15) is 4.79 Å². The molecule has 2 aliphatic rings. The van der Waals surface area contributed by atoms with Gasteiger partial charge in [-0.15, -0.1) is 23.1 Å². The lowest BCUT2D eigenvalue weighted by molar-refractivity contribution is 0.0939. The molecule has 1 amide bonds. The molecular weight excluding hydrogens is 290 g/mol. The van der Waals surface area contributed by atoms with Crippen LogP contribution in [0.4, 0.5) is 0 Å². The number of rotatable bonds is 3. The highest BCUT2D eigenvalue weighted by molar-refractivity contribution is 8.02. The molecule has 1 atom stereocenters. The predicted octanol–water partition coefficient (Wildman–Crippen LogP) is 3.24. The molecule has 4 nitrogen and oxygen atoms in total. The third kappa shape index (κ3) is 1.98. The normalized spacial score (nSPS) is 21.6. The van der Waals surface area contributed by atoms with Gasteiger partial charge in [0.25, 0.3) is 5.91 Å². The zero-order valence-corrected chi connectivity index (χ0v) is 12.7. The summed E-state index contributed by atoms with van der Waals surface area (Å²) in [4.78, 5) is 13.5. The Morgan fingerprint density at radius 2 is 2.30 bits per heavy atom. The Hall–Kier alpha value is -1.27. The lowest BCUT2D eigenvalue weighted by atomic mass is 9.93. The van der Waals surface area contributed by atoms with E-state index < -0.39 is 0 Å². The molecule has 1 aliphatic heterocycles. The summed E-state index contributed by atoms with van der Waals surface area (Å²) in [6, 6.07) is 1.98. The number of hydrogen-bond donors (Lipinski definition) is 2. The van der Waals surface area contributed by atoms with Gasteiger partial charge >= 0.3 is 0 Å². The molecule has 2 aromatic heterocycles. The number of carbonyl (C=O) groups excluding carboxylic acids is 1. The summed E-state index contributed by atoms with van der Waals surface area (Å²) in [5, 5.41) is 10.8. The minimum atomic E-state index is 0.0864. The summed E-state index contributed by atoms with van der Waals surface area (Å²) in [6.07, 6.45) is 4.31. The number of thioether (sulfide) groups is 1. The van der Waals surface area contributed by atoms with Crippen LogP contribution < -0.4 is 5.32 Å². The first-order valence-corrected chi connectivity index (χ1v) is 8.55. The van der Waals surface area contributed by atoms with E-state index in [1.54, 1.807) is 17.5 Å². The van der Waals surface area contributed by atoms with Crippen LogP contribution in [0.25, 0.3) is 10.6 Å². The van der Waals surface area contributed by atoms with E-state index >= 15 is 0 Å². The highest BCUT2D eigenvalue weighted by Gasteiger charge is 2.34. The first-order chi connectivity index (χ1) is 9.74. The fraction of sp³-hybridized carbons (Fsp3) is 0.429. The molecule has 104 valence electrons. The van der Waals surface area contributed by atoms with E-state index in [1.807, 2.05) is 17.8 Å². The summed E-state index contributed by atoms with van der Waals surface area (Å²) in [5.74, 6) is 0.439. The van der Waals surface area contributed by atoms with Gasteiger partial charge in [-0.1, -0.05) is 6.92 Å². The lowest BCUT2D eigenvalue weighted by Crippen LogP contribution is -2.33. The second-order valence-corrected chi connectivity index (χ2v) is 8.00. The molecule has 1 aliphatic carbocycles. The van der Waals surface area contributed by atoms with Crippen molar-refractivity contribution in [2.45, 2.75) is 35.1 Å². The van der Waals surface area contributed by atoms with Crippen LogP contribution >= 0.6 is 23.1 Å². The second-order valence-electron chi connectivity index (χ2n) is 5.41. The quantitative estimate of drug-likeness (QED) is 0.915. The molecule has 3 heterocycles. The summed E-state index contributed by atoms with van der Waals surface area (Å²) in [7, 11) is 0. The largest absolute Gasteiger partial charge is 0.351 e. The van der Waals surface area contributed by atoms with Crippen molar-refractivity contribution < 1.29 is 4.79 Å². The highest BCUT2D eigenvalue weighted by atomic mass is 32.2. The average Bonchev–Trinajstić information content (AvgIpc) is 2.94. The number of fused-ring (bicyclic) bond motifs is 1. The maximum atomic E-state index is 12.3. The second kappa shape index (κ2) is 4.63. The summed E-state index contributed by atoms with van der Waals surface area (Å²) in [6.45, 7) is 2.90. The Morgan fingerprint density at radius 1 is 1.45 bits per heavy atom. The van der Waals surface area contributed by atoms with Crippen molar-refractivity contribution in [1.29, 1.82) is 0 Å². The molecule has 20 heavy (non-hydrogen) atoms. The van der Waals surface area contributed by atoms with E-state index in [0.29, 0.717) is 11.2 Å². The van der Waals surface area contributed by atoms with Crippen LogP contribution in [0.3, 0.4) is 0 Å². The molecule has 1 saturated carbocycles. The Bertz CT molecular complexity index is 658. The van der Waals surface area contributed by atoms with Gasteiger partial charge in [0, 0.05) is 23.9 Å². The van der Waals surface area contributed by atoms with Crippen LogP contribution in [-0.2, 0) is 0 Å². The maximum Gasteiger partial charge on any atom is 0.253 e. The highest BCUT2D eigenvalue weighted by Crippen LogP contribution is 2.50. The Morgan fingerprint density at radius 3 is 3.00 bits per heavy atom. The molecule has 4 rings (SSSR count). The Balaban J connectivity index is 1.88. The molecule has 0 saturated heterocycles. The first-order valence-electron chi connectivity index (χ1n) is 6.85. The Kier molecular flexibility index (Phi) is 2.89. The third-order valence-electron chi connectivity index (χ3n) is 3.74. The van der Waals surface area contributed by atoms with E-state index in [1.165, 1.54) is 27.5 Å². The van der Waals surface area contributed by atoms with Crippen LogP contribution in [-0.4, -0.2) is 27.9 Å². The number of aromatic amines is 1. The van der Waals surface area contributed by atoms with Crippen LogP contribution in [0.15, 0.2) is 16.5 Å². The van der Waals surface area contributed by atoms with Gasteiger partial charge in [-0.25, -0.2) is 0 Å². The van der Waals surface area contributed by atoms with Gasteiger partial charge in [0.2, 0.25) is 0 Å². The van der Waals surface area contributed by atoms with E-state index in [0.717, 1.165) is 17.8 Å². The standard InChI is InChI=1S/C14H15N3OS2/c1-7-6-15-13(18)11-10(7)12(9-4-5-16-17-9)20-14(11)19-8-2-3-8/h4-5,7-8H,2-3,6H2,1H3,(H,15,18)(H,16,17). The van der Waals surface area contributed by atoms with Gasteiger partial charge in [-0.2, -0.15) is 5.10 Å². The number of nitrogens with one attached hydrogen (secondary N) is 2. The van der Waals surface area contributed by atoms with Gasteiger partial charge in [0.05, 0.1) is 20.3 Å². The molecule has 0 spiro atoms. The maximum absolute atomic E-state index is 12.3. The Labute approximate surface area is 125 Å². The van der Waals surface area contributed by atoms with Crippen molar-refractivity contribution in [3.8, 4) is 10.6 Å². The van der Waals surface area contributed by atoms with Gasteiger partial charge in [0.15, 0.2) is 0 Å². The predicted molar refractivity (Wildman–Crippen MR) is 81.5 cm³/mol. The first kappa shape index (κ1) is 12.5. The van der Waals surface area contributed by atoms with Gasteiger partial charge in [-0.05, 0) is 24.5 Å². The summed E-state index contributed by atoms with van der Waals surface area (Å²) in [5.41, 5.74) is 3.14. The number of hydrogen-bond acceptors (Lipinski definition) is 4. The number of aromatic nitrogens is 2. The van der Waals surface area contributed by atoms with Gasteiger partial charge < -0.3 is 5.32 Å². The minimum absolute atomic E-state index is 0.0864. The van der Waals surface area contributed by atoms with E-state index in [4.69, 9.17) is 0 Å². The van der Waals surface area contributed by atoms with E-state index in [-0.39, 0.29) is 5.91 Å². The number of H-pyrrole nitrogens is 1. The number of nitrogens with zero attached hydrogens (tertiary/aromatic N) is 1. The topological polar surface area (TPSA) is 57.8 Å². The zero-order chi connectivity index (χ0) is 13.7. The van der Waals surface area contributed by atoms with Crippen molar-refractivity contribution in [3.63, 3.8) is 0 Å². The molecule has 1 unspecified atom stereocenters. The van der Waals surface area contributed by atoms with Crippen molar-refractivity contribution in [3.05, 3.63) is 23.4 Å². The number of carbonyl (C=O) groups is 1.